The molecule has 0 aliphatic carbocycles. The van der Waals surface area contributed by atoms with Gasteiger partial charge in [0, 0.05) is 0 Å². The Morgan fingerprint density at radius 1 is 0.704 bits per heavy atom. The molecule has 152 valence electrons. The third kappa shape index (κ3) is 8.15. The Kier molecular flexibility index (Phi) is 11.5. The van der Waals surface area contributed by atoms with E-state index in [1.165, 1.54) is 44.6 Å². The summed E-state index contributed by atoms with van der Waals surface area (Å²) in [7, 11) is 0. The van der Waals surface area contributed by atoms with Gasteiger partial charge in [-0.25, -0.2) is 9.59 Å². The van der Waals surface area contributed by atoms with Crippen LogP contribution in [0.4, 0.5) is 0 Å². The summed E-state index contributed by atoms with van der Waals surface area (Å²) in [6, 6.07) is 3.27. The van der Waals surface area contributed by atoms with Gasteiger partial charge in [-0.2, -0.15) is 0 Å². The highest BCUT2D eigenvalue weighted by Gasteiger charge is 2.22. The van der Waals surface area contributed by atoms with E-state index in [2.05, 4.69) is 13.8 Å². The molecule has 0 aromatic heterocycles. The Bertz CT molecular complexity index is 592. The van der Waals surface area contributed by atoms with E-state index in [0.29, 0.717) is 6.42 Å². The molecule has 27 heavy (non-hydrogen) atoms. The fourth-order valence-electron chi connectivity index (χ4n) is 3.61. The van der Waals surface area contributed by atoms with Gasteiger partial charge in [0.1, 0.15) is 0 Å². The molecule has 0 unspecified atom stereocenters. The largest absolute Gasteiger partial charge is 0.478 e. The summed E-state index contributed by atoms with van der Waals surface area (Å²) in [5.41, 5.74) is 1.64. The number of hydrogen-bond donors (Lipinski definition) is 2. The molecule has 0 heterocycles. The fraction of sp³-hybridized carbons (Fsp3) is 0.652. The molecular weight excluding hydrogens is 340 g/mol. The lowest BCUT2D eigenvalue weighted by Crippen LogP contribution is -2.14. The molecule has 0 fully saturated rings. The molecule has 0 saturated carbocycles. The summed E-state index contributed by atoms with van der Waals surface area (Å²) in [6.07, 6.45) is 14.3. The quantitative estimate of drug-likeness (QED) is 0.343. The van der Waals surface area contributed by atoms with Gasteiger partial charge in [0.25, 0.3) is 0 Å². The van der Waals surface area contributed by atoms with Crippen LogP contribution in [0.1, 0.15) is 116 Å². The SMILES string of the molecule is CCCCCCCCCCCc1c(CCCC)ccc(C(=O)O)c1C(=O)O. The zero-order chi connectivity index (χ0) is 20.1. The summed E-state index contributed by atoms with van der Waals surface area (Å²) in [6.45, 7) is 4.32. The van der Waals surface area contributed by atoms with Crippen molar-refractivity contribution in [3.05, 3.63) is 34.4 Å². The number of carboxylic acids is 2. The number of rotatable bonds is 15. The lowest BCUT2D eigenvalue weighted by molar-refractivity contribution is 0.0650. The first-order valence-electron chi connectivity index (χ1n) is 10.6. The van der Waals surface area contributed by atoms with Crippen molar-refractivity contribution in [1.29, 1.82) is 0 Å². The average Bonchev–Trinajstić information content (AvgIpc) is 2.64. The van der Waals surface area contributed by atoms with Crippen molar-refractivity contribution >= 4 is 11.9 Å². The van der Waals surface area contributed by atoms with Crippen molar-refractivity contribution in [2.24, 2.45) is 0 Å². The van der Waals surface area contributed by atoms with Crippen LogP contribution in [0.3, 0.4) is 0 Å². The van der Waals surface area contributed by atoms with E-state index in [1.807, 2.05) is 6.07 Å². The van der Waals surface area contributed by atoms with Gasteiger partial charge in [-0.15, -0.1) is 0 Å². The molecule has 0 bridgehead atoms. The number of benzene rings is 1. The van der Waals surface area contributed by atoms with Crippen molar-refractivity contribution in [2.45, 2.75) is 97.3 Å². The molecule has 1 rings (SSSR count). The molecule has 1 aromatic carbocycles. The van der Waals surface area contributed by atoms with Crippen LogP contribution in [0.2, 0.25) is 0 Å². The smallest absolute Gasteiger partial charge is 0.336 e. The summed E-state index contributed by atoms with van der Waals surface area (Å²) in [4.78, 5) is 23.2. The van der Waals surface area contributed by atoms with Gasteiger partial charge in [-0.05, 0) is 42.9 Å². The third-order valence-electron chi connectivity index (χ3n) is 5.18. The minimum Gasteiger partial charge on any atom is -0.478 e. The second kappa shape index (κ2) is 13.3. The van der Waals surface area contributed by atoms with Crippen molar-refractivity contribution in [3.63, 3.8) is 0 Å². The van der Waals surface area contributed by atoms with Gasteiger partial charge in [0.15, 0.2) is 0 Å². The van der Waals surface area contributed by atoms with Gasteiger partial charge in [-0.1, -0.05) is 77.7 Å². The van der Waals surface area contributed by atoms with Gasteiger partial charge in [0.2, 0.25) is 0 Å². The Hall–Kier alpha value is -1.84. The maximum atomic E-state index is 11.8. The highest BCUT2D eigenvalue weighted by atomic mass is 16.4. The van der Waals surface area contributed by atoms with E-state index in [-0.39, 0.29) is 11.1 Å². The van der Waals surface area contributed by atoms with Crippen molar-refractivity contribution in [2.75, 3.05) is 0 Å². The second-order valence-electron chi connectivity index (χ2n) is 7.42. The van der Waals surface area contributed by atoms with Gasteiger partial charge >= 0.3 is 11.9 Å². The molecule has 0 spiro atoms. The standard InChI is InChI=1S/C23H36O4/c1-3-5-7-8-9-10-11-12-13-15-19-18(14-6-4-2)16-17-20(22(24)25)21(19)23(26)27/h16-17H,3-15H2,1-2H3,(H,24,25)(H,26,27). The van der Waals surface area contributed by atoms with Crippen LogP contribution >= 0.6 is 0 Å². The molecule has 2 N–H and O–H groups in total. The van der Waals surface area contributed by atoms with Gasteiger partial charge in [0.05, 0.1) is 11.1 Å². The van der Waals surface area contributed by atoms with Crippen LogP contribution in [0.15, 0.2) is 12.1 Å². The Morgan fingerprint density at radius 3 is 1.78 bits per heavy atom. The van der Waals surface area contributed by atoms with E-state index in [0.717, 1.165) is 49.7 Å². The van der Waals surface area contributed by atoms with E-state index >= 15 is 0 Å². The zero-order valence-corrected chi connectivity index (χ0v) is 17.1. The third-order valence-corrected chi connectivity index (χ3v) is 5.18. The van der Waals surface area contributed by atoms with E-state index in [1.54, 1.807) is 0 Å². The lowest BCUT2D eigenvalue weighted by Gasteiger charge is -2.15. The van der Waals surface area contributed by atoms with Gasteiger partial charge in [-0.3, -0.25) is 0 Å². The summed E-state index contributed by atoms with van der Waals surface area (Å²) in [5.74, 6) is -2.29. The molecule has 4 nitrogen and oxygen atoms in total. The van der Waals surface area contributed by atoms with Gasteiger partial charge < -0.3 is 10.2 Å². The van der Waals surface area contributed by atoms with Crippen molar-refractivity contribution in [1.82, 2.24) is 0 Å². The summed E-state index contributed by atoms with van der Waals surface area (Å²) >= 11 is 0. The lowest BCUT2D eigenvalue weighted by atomic mass is 9.89. The highest BCUT2D eigenvalue weighted by Crippen LogP contribution is 2.24. The zero-order valence-electron chi connectivity index (χ0n) is 17.1. The predicted molar refractivity (Wildman–Crippen MR) is 110 cm³/mol. The molecule has 0 radical (unpaired) electrons. The molecule has 0 aliphatic heterocycles. The van der Waals surface area contributed by atoms with Crippen molar-refractivity contribution < 1.29 is 19.8 Å². The van der Waals surface area contributed by atoms with Crippen LogP contribution in [-0.2, 0) is 12.8 Å². The monoisotopic (exact) mass is 376 g/mol. The Balaban J connectivity index is 2.71. The first kappa shape index (κ1) is 23.2. The first-order valence-corrected chi connectivity index (χ1v) is 10.6. The molecule has 4 heteroatoms. The fourth-order valence-corrected chi connectivity index (χ4v) is 3.61. The number of aryl methyl sites for hydroxylation is 1. The minimum absolute atomic E-state index is 0.00401. The minimum atomic E-state index is -1.16. The maximum Gasteiger partial charge on any atom is 0.336 e. The molecule has 0 saturated heterocycles. The molecule has 0 atom stereocenters. The number of carbonyl (C=O) groups is 2. The highest BCUT2D eigenvalue weighted by molar-refractivity contribution is 6.03. The van der Waals surface area contributed by atoms with E-state index in [9.17, 15) is 19.8 Å². The topological polar surface area (TPSA) is 74.6 Å². The summed E-state index contributed by atoms with van der Waals surface area (Å²) in [5, 5.41) is 19.0. The first-order chi connectivity index (χ1) is 13.0. The van der Waals surface area contributed by atoms with Crippen LogP contribution in [0.5, 0.6) is 0 Å². The van der Waals surface area contributed by atoms with E-state index < -0.39 is 11.9 Å². The van der Waals surface area contributed by atoms with Crippen LogP contribution in [0.25, 0.3) is 0 Å². The molecule has 0 aliphatic rings. The summed E-state index contributed by atoms with van der Waals surface area (Å²) < 4.78 is 0. The van der Waals surface area contributed by atoms with Crippen LogP contribution in [-0.4, -0.2) is 22.2 Å². The molecule has 1 aromatic rings. The maximum absolute atomic E-state index is 11.8. The van der Waals surface area contributed by atoms with Crippen LogP contribution in [0, 0.1) is 0 Å². The number of hydrogen-bond acceptors (Lipinski definition) is 2. The average molecular weight is 377 g/mol. The predicted octanol–water partition coefficient (Wildman–Crippen LogP) is 6.50. The normalized spacial score (nSPS) is 10.9. The van der Waals surface area contributed by atoms with Crippen LogP contribution < -0.4 is 0 Å². The molecular formula is C23H36O4. The Morgan fingerprint density at radius 2 is 1.26 bits per heavy atom. The number of aromatic carboxylic acids is 2. The number of unbranched alkanes of at least 4 members (excludes halogenated alkanes) is 9. The molecule has 0 amide bonds. The second-order valence-corrected chi connectivity index (χ2v) is 7.42. The number of carboxylic acid groups (broad SMARTS) is 2. The van der Waals surface area contributed by atoms with E-state index in [4.69, 9.17) is 0 Å². The Labute approximate surface area is 164 Å². The van der Waals surface area contributed by atoms with Crippen molar-refractivity contribution in [3.8, 4) is 0 Å².